The largest absolute Gasteiger partial charge is 0.488 e. The molecule has 2 aromatic carbocycles. The summed E-state index contributed by atoms with van der Waals surface area (Å²) >= 11 is 0. The first-order chi connectivity index (χ1) is 11.4. The Balaban J connectivity index is 1.48. The van der Waals surface area contributed by atoms with Gasteiger partial charge < -0.3 is 28.4 Å². The van der Waals surface area contributed by atoms with Crippen molar-refractivity contribution in [3.63, 3.8) is 0 Å². The van der Waals surface area contributed by atoms with Gasteiger partial charge in [-0.15, -0.1) is 0 Å². The van der Waals surface area contributed by atoms with Gasteiger partial charge in [0.2, 0.25) is 19.3 Å². The smallest absolute Gasteiger partial charge is 0.231 e. The first-order valence-corrected chi connectivity index (χ1v) is 7.54. The first-order valence-electron chi connectivity index (χ1n) is 7.54. The summed E-state index contributed by atoms with van der Waals surface area (Å²) in [6.07, 6.45) is -0.0919. The predicted molar refractivity (Wildman–Crippen MR) is 76.7 cm³/mol. The summed E-state index contributed by atoms with van der Waals surface area (Å²) in [6.45, 7) is 1.02. The molecule has 0 bridgehead atoms. The Hall–Kier alpha value is -2.76. The number of hydrogen-bond acceptors (Lipinski definition) is 6. The number of hydrogen-bond donors (Lipinski definition) is 0. The fourth-order valence-corrected chi connectivity index (χ4v) is 3.68. The van der Waals surface area contributed by atoms with Crippen LogP contribution in [0, 0.1) is 0 Å². The Morgan fingerprint density at radius 1 is 0.696 bits per heavy atom. The molecule has 0 aliphatic carbocycles. The van der Waals surface area contributed by atoms with E-state index in [1.165, 1.54) is 0 Å². The van der Waals surface area contributed by atoms with E-state index in [0.29, 0.717) is 12.4 Å². The molecule has 2 atom stereocenters. The van der Waals surface area contributed by atoms with E-state index in [2.05, 4.69) is 0 Å². The predicted octanol–water partition coefficient (Wildman–Crippen LogP) is 2.75. The van der Waals surface area contributed by atoms with Crippen molar-refractivity contribution in [2.45, 2.75) is 12.0 Å². The van der Waals surface area contributed by atoms with Crippen molar-refractivity contribution in [1.82, 2.24) is 0 Å². The monoisotopic (exact) mass is 312 g/mol. The molecule has 0 saturated heterocycles. The summed E-state index contributed by atoms with van der Waals surface area (Å²) in [4.78, 5) is 0. The van der Waals surface area contributed by atoms with Crippen LogP contribution in [-0.4, -0.2) is 20.2 Å². The van der Waals surface area contributed by atoms with Gasteiger partial charge >= 0.3 is 0 Å². The number of benzene rings is 2. The Morgan fingerprint density at radius 3 is 2.48 bits per heavy atom. The SMILES string of the molecule is c1c2c(cc3c1O[C@H]1c4ccc5c(c4OC[C@@H]31)OCO5)OCO2. The molecule has 6 heteroatoms. The van der Waals surface area contributed by atoms with Crippen LogP contribution < -0.4 is 28.4 Å². The van der Waals surface area contributed by atoms with E-state index in [-0.39, 0.29) is 25.6 Å². The van der Waals surface area contributed by atoms with Crippen molar-refractivity contribution >= 4 is 0 Å². The van der Waals surface area contributed by atoms with E-state index in [9.17, 15) is 0 Å². The van der Waals surface area contributed by atoms with Crippen LogP contribution in [0.5, 0.6) is 34.5 Å². The van der Waals surface area contributed by atoms with Gasteiger partial charge in [0.15, 0.2) is 23.0 Å². The number of rotatable bonds is 0. The molecule has 6 rings (SSSR count). The lowest BCUT2D eigenvalue weighted by molar-refractivity contribution is 0.131. The molecular formula is C17H12O6. The third-order valence-electron chi connectivity index (χ3n) is 4.76. The highest BCUT2D eigenvalue weighted by Gasteiger charge is 2.44. The summed E-state index contributed by atoms with van der Waals surface area (Å²) in [5, 5.41) is 0. The van der Waals surface area contributed by atoms with Gasteiger partial charge in [0, 0.05) is 17.2 Å². The highest BCUT2D eigenvalue weighted by molar-refractivity contribution is 5.62. The van der Waals surface area contributed by atoms with Gasteiger partial charge in [0.05, 0.1) is 12.5 Å². The van der Waals surface area contributed by atoms with Crippen molar-refractivity contribution in [2.24, 2.45) is 0 Å². The summed E-state index contributed by atoms with van der Waals surface area (Å²) in [7, 11) is 0. The molecule has 0 unspecified atom stereocenters. The third kappa shape index (κ3) is 1.43. The van der Waals surface area contributed by atoms with Crippen LogP contribution in [0.25, 0.3) is 0 Å². The van der Waals surface area contributed by atoms with Crippen LogP contribution in [-0.2, 0) is 0 Å². The van der Waals surface area contributed by atoms with Gasteiger partial charge in [0.25, 0.3) is 0 Å². The van der Waals surface area contributed by atoms with Gasteiger partial charge in [-0.3, -0.25) is 0 Å². The van der Waals surface area contributed by atoms with Crippen molar-refractivity contribution in [3.8, 4) is 34.5 Å². The Kier molecular flexibility index (Phi) is 2.02. The zero-order valence-electron chi connectivity index (χ0n) is 12.0. The molecular weight excluding hydrogens is 300 g/mol. The molecule has 0 saturated carbocycles. The van der Waals surface area contributed by atoms with Gasteiger partial charge in [-0.1, -0.05) is 0 Å². The van der Waals surface area contributed by atoms with E-state index < -0.39 is 0 Å². The molecule has 4 aliphatic rings. The van der Waals surface area contributed by atoms with Crippen LogP contribution in [0.1, 0.15) is 23.1 Å². The van der Waals surface area contributed by atoms with Crippen molar-refractivity contribution in [1.29, 1.82) is 0 Å². The molecule has 4 heterocycles. The minimum absolute atomic E-state index is 0.0919. The second-order valence-corrected chi connectivity index (χ2v) is 5.92. The topological polar surface area (TPSA) is 55.4 Å². The summed E-state index contributed by atoms with van der Waals surface area (Å²) in [5.74, 6) is 4.59. The molecule has 0 aromatic heterocycles. The van der Waals surface area contributed by atoms with E-state index >= 15 is 0 Å². The summed E-state index contributed by atoms with van der Waals surface area (Å²) in [5.41, 5.74) is 2.09. The Labute approximate surface area is 131 Å². The molecule has 0 spiro atoms. The van der Waals surface area contributed by atoms with E-state index in [4.69, 9.17) is 28.4 Å². The molecule has 0 N–H and O–H groups in total. The Morgan fingerprint density at radius 2 is 1.52 bits per heavy atom. The molecule has 0 amide bonds. The highest BCUT2D eigenvalue weighted by Crippen LogP contribution is 2.57. The van der Waals surface area contributed by atoms with Crippen LogP contribution in [0.4, 0.5) is 0 Å². The maximum absolute atomic E-state index is 6.21. The standard InChI is InChI=1S/C17H12O6/c1-2-11-17(22-7-19-11)16-8(1)15-10(5-18-16)9-3-13-14(21-6-20-13)4-12(9)23-15/h1-4,10,15H,5-7H2/t10-,15-/m0/s1. The van der Waals surface area contributed by atoms with E-state index in [1.807, 2.05) is 24.3 Å². The minimum atomic E-state index is -0.0919. The second kappa shape index (κ2) is 3.95. The fourth-order valence-electron chi connectivity index (χ4n) is 3.68. The van der Waals surface area contributed by atoms with Crippen LogP contribution in [0.15, 0.2) is 24.3 Å². The molecule has 4 aliphatic heterocycles. The average molecular weight is 312 g/mol. The summed E-state index contributed by atoms with van der Waals surface area (Å²) in [6, 6.07) is 7.81. The van der Waals surface area contributed by atoms with Crippen LogP contribution in [0.3, 0.4) is 0 Å². The second-order valence-electron chi connectivity index (χ2n) is 5.92. The lowest BCUT2D eigenvalue weighted by atomic mass is 9.89. The van der Waals surface area contributed by atoms with Gasteiger partial charge in [-0.25, -0.2) is 0 Å². The molecule has 2 aromatic rings. The normalized spacial score (nSPS) is 24.3. The minimum Gasteiger partial charge on any atom is -0.488 e. The Bertz CT molecular complexity index is 845. The van der Waals surface area contributed by atoms with Crippen molar-refractivity contribution in [3.05, 3.63) is 35.4 Å². The third-order valence-corrected chi connectivity index (χ3v) is 4.76. The maximum Gasteiger partial charge on any atom is 0.231 e. The molecule has 0 radical (unpaired) electrons. The lowest BCUT2D eigenvalue weighted by Crippen LogP contribution is -2.23. The van der Waals surface area contributed by atoms with Crippen LogP contribution >= 0.6 is 0 Å². The maximum atomic E-state index is 6.21. The summed E-state index contributed by atoms with van der Waals surface area (Å²) < 4.78 is 34.1. The zero-order chi connectivity index (χ0) is 15.0. The average Bonchev–Trinajstić information content (AvgIpc) is 3.29. The van der Waals surface area contributed by atoms with E-state index in [1.54, 1.807) is 0 Å². The van der Waals surface area contributed by atoms with Crippen molar-refractivity contribution < 1.29 is 28.4 Å². The quantitative estimate of drug-likeness (QED) is 0.745. The fraction of sp³-hybridized carbons (Fsp3) is 0.294. The highest BCUT2D eigenvalue weighted by atomic mass is 16.7. The lowest BCUT2D eigenvalue weighted by Gasteiger charge is -2.28. The molecule has 0 fully saturated rings. The zero-order valence-corrected chi connectivity index (χ0v) is 12.0. The molecule has 6 nitrogen and oxygen atoms in total. The molecule has 23 heavy (non-hydrogen) atoms. The van der Waals surface area contributed by atoms with Gasteiger partial charge in [-0.05, 0) is 18.2 Å². The van der Waals surface area contributed by atoms with E-state index in [0.717, 1.165) is 39.9 Å². The van der Waals surface area contributed by atoms with Gasteiger partial charge in [-0.2, -0.15) is 0 Å². The van der Waals surface area contributed by atoms with Crippen molar-refractivity contribution in [2.75, 3.05) is 20.2 Å². The van der Waals surface area contributed by atoms with Gasteiger partial charge in [0.1, 0.15) is 11.9 Å². The number of ether oxygens (including phenoxy) is 6. The van der Waals surface area contributed by atoms with Crippen LogP contribution in [0.2, 0.25) is 0 Å². The number of fused-ring (bicyclic) bond motifs is 8. The first kappa shape index (κ1) is 11.8. The molecule has 116 valence electrons.